The zero-order chi connectivity index (χ0) is 23.4. The molecule has 0 bridgehead atoms. The monoisotopic (exact) mass is 467 g/mol. The molecule has 4 rings (SSSR count). The summed E-state index contributed by atoms with van der Waals surface area (Å²) < 4.78 is 27.5. The summed E-state index contributed by atoms with van der Waals surface area (Å²) >= 11 is 0. The second-order valence-corrected chi connectivity index (χ2v) is 10.1. The normalized spacial score (nSPS) is 16.6. The molecule has 5 N–H and O–H groups in total. The Labute approximate surface area is 194 Å². The minimum absolute atomic E-state index is 0.225. The van der Waals surface area contributed by atoms with Crippen molar-refractivity contribution in [1.29, 1.82) is 0 Å². The fourth-order valence-electron chi connectivity index (χ4n) is 3.78. The number of phenols is 1. The number of rotatable bonds is 8. The number of aryl methyl sites for hydroxylation is 1. The van der Waals surface area contributed by atoms with Gasteiger partial charge < -0.3 is 21.1 Å². The summed E-state index contributed by atoms with van der Waals surface area (Å²) in [4.78, 5) is 6.87. The number of hydrogen-bond acceptors (Lipinski definition) is 6. The van der Waals surface area contributed by atoms with Crippen molar-refractivity contribution in [3.05, 3.63) is 72.7 Å². The van der Waals surface area contributed by atoms with Crippen molar-refractivity contribution in [2.24, 2.45) is 16.6 Å². The van der Waals surface area contributed by atoms with Gasteiger partial charge in [0.2, 0.25) is 10.0 Å². The molecule has 8 nitrogen and oxygen atoms in total. The molecule has 9 heteroatoms. The number of amidine groups is 1. The van der Waals surface area contributed by atoms with Crippen LogP contribution >= 0.6 is 0 Å². The molecule has 1 saturated carbocycles. The van der Waals surface area contributed by atoms with Gasteiger partial charge in [-0.15, -0.1) is 0 Å². The number of sulfonamides is 1. The van der Waals surface area contributed by atoms with Crippen LogP contribution in [0.3, 0.4) is 0 Å². The lowest BCUT2D eigenvalue weighted by Crippen LogP contribution is -2.34. The van der Waals surface area contributed by atoms with E-state index in [2.05, 4.69) is 21.6 Å². The molecule has 0 aromatic heterocycles. The summed E-state index contributed by atoms with van der Waals surface area (Å²) in [5.41, 5.74) is 8.36. The predicted octanol–water partition coefficient (Wildman–Crippen LogP) is 3.29. The quantitative estimate of drug-likeness (QED) is 0.349. The number of benzene rings is 2. The van der Waals surface area contributed by atoms with Crippen LogP contribution in [0.4, 0.5) is 11.4 Å². The van der Waals surface area contributed by atoms with Crippen LogP contribution in [-0.2, 0) is 16.4 Å². The fraction of sp³-hybridized carbons (Fsp3) is 0.292. The second-order valence-electron chi connectivity index (χ2n) is 8.29. The first-order valence-corrected chi connectivity index (χ1v) is 12.5. The molecule has 0 amide bonds. The van der Waals surface area contributed by atoms with Crippen LogP contribution in [0.2, 0.25) is 0 Å². The van der Waals surface area contributed by atoms with Gasteiger partial charge in [-0.05, 0) is 91.9 Å². The Balaban J connectivity index is 1.47. The first-order valence-electron chi connectivity index (χ1n) is 11.0. The number of fused-ring (bicyclic) bond motifs is 1. The number of nitrogens with zero attached hydrogens (tertiary/aromatic N) is 2. The SMILES string of the molecule is C=C(/N=C(\C=C/N)N1CCCc2cc(O)ccc21)Nc1ccc(S(=O)(=O)NCC2CC2)cc1. The Kier molecular flexibility index (Phi) is 6.71. The third-order valence-corrected chi connectivity index (χ3v) is 7.10. The molecular formula is C24H29N5O3S. The molecule has 0 saturated heterocycles. The number of nitrogens with one attached hydrogen (secondary N) is 2. The van der Waals surface area contributed by atoms with Gasteiger partial charge in [-0.25, -0.2) is 18.1 Å². The van der Waals surface area contributed by atoms with Crippen LogP contribution in [0.5, 0.6) is 5.75 Å². The van der Waals surface area contributed by atoms with Crippen molar-refractivity contribution in [2.45, 2.75) is 30.6 Å². The molecule has 0 spiro atoms. The van der Waals surface area contributed by atoms with Crippen molar-refractivity contribution in [2.75, 3.05) is 23.3 Å². The van der Waals surface area contributed by atoms with Crippen LogP contribution < -0.4 is 20.7 Å². The van der Waals surface area contributed by atoms with Crippen molar-refractivity contribution in [1.82, 2.24) is 4.72 Å². The molecule has 2 aliphatic rings. The maximum atomic E-state index is 12.4. The highest BCUT2D eigenvalue weighted by atomic mass is 32.2. The van der Waals surface area contributed by atoms with Gasteiger partial charge in [0.25, 0.3) is 0 Å². The topological polar surface area (TPSA) is 120 Å². The lowest BCUT2D eigenvalue weighted by Gasteiger charge is -2.31. The standard InChI is InChI=1S/C24H29N5O3S/c1-17(27-20-6-9-22(10-7-20)33(31,32)26-16-18-4-5-18)28-24(12-13-25)29-14-2-3-19-15-21(30)8-11-23(19)29/h6-13,15,18,26-27,30H,1-5,14,16,25H2/b13-12-,28-24+. The zero-order valence-electron chi connectivity index (χ0n) is 18.4. The van der Waals surface area contributed by atoms with Gasteiger partial charge in [-0.2, -0.15) is 0 Å². The summed E-state index contributed by atoms with van der Waals surface area (Å²) in [7, 11) is -3.51. The van der Waals surface area contributed by atoms with E-state index in [-0.39, 0.29) is 10.6 Å². The average Bonchev–Trinajstić information content (AvgIpc) is 3.62. The van der Waals surface area contributed by atoms with Gasteiger partial charge in [-0.1, -0.05) is 6.58 Å². The molecule has 174 valence electrons. The lowest BCUT2D eigenvalue weighted by atomic mass is 10.0. The fourth-order valence-corrected chi connectivity index (χ4v) is 4.89. The molecule has 1 fully saturated rings. The summed E-state index contributed by atoms with van der Waals surface area (Å²) in [6, 6.07) is 11.8. The maximum absolute atomic E-state index is 12.4. The third-order valence-electron chi connectivity index (χ3n) is 5.67. The molecule has 33 heavy (non-hydrogen) atoms. The zero-order valence-corrected chi connectivity index (χ0v) is 19.2. The maximum Gasteiger partial charge on any atom is 0.240 e. The highest BCUT2D eigenvalue weighted by Gasteiger charge is 2.24. The van der Waals surface area contributed by atoms with E-state index in [0.717, 1.165) is 43.5 Å². The van der Waals surface area contributed by atoms with Gasteiger partial charge in [-0.3, -0.25) is 0 Å². The van der Waals surface area contributed by atoms with Gasteiger partial charge in [0, 0.05) is 24.5 Å². The Morgan fingerprint density at radius 3 is 2.70 bits per heavy atom. The number of hydrogen-bond donors (Lipinski definition) is 4. The number of aromatic hydroxyl groups is 1. The minimum Gasteiger partial charge on any atom is -0.508 e. The van der Waals surface area contributed by atoms with E-state index in [1.165, 1.54) is 6.20 Å². The van der Waals surface area contributed by atoms with E-state index in [1.54, 1.807) is 42.5 Å². The van der Waals surface area contributed by atoms with Crippen LogP contribution in [0.1, 0.15) is 24.8 Å². The molecular weight excluding hydrogens is 438 g/mol. The second kappa shape index (κ2) is 9.68. The van der Waals surface area contributed by atoms with Crippen molar-refractivity contribution < 1.29 is 13.5 Å². The number of aliphatic imine (C=N–C) groups is 1. The van der Waals surface area contributed by atoms with Crippen molar-refractivity contribution >= 4 is 27.2 Å². The molecule has 1 heterocycles. The summed E-state index contributed by atoms with van der Waals surface area (Å²) in [5.74, 6) is 1.71. The number of nitrogens with two attached hydrogens (primary N) is 1. The predicted molar refractivity (Wildman–Crippen MR) is 132 cm³/mol. The smallest absolute Gasteiger partial charge is 0.240 e. The molecule has 2 aromatic rings. The van der Waals surface area contributed by atoms with E-state index >= 15 is 0 Å². The van der Waals surface area contributed by atoms with E-state index in [9.17, 15) is 13.5 Å². The minimum atomic E-state index is -3.51. The van der Waals surface area contributed by atoms with Crippen LogP contribution in [-0.4, -0.2) is 32.4 Å². The van der Waals surface area contributed by atoms with Crippen molar-refractivity contribution in [3.63, 3.8) is 0 Å². The van der Waals surface area contributed by atoms with Gasteiger partial charge in [0.1, 0.15) is 17.4 Å². The van der Waals surface area contributed by atoms with Gasteiger partial charge in [0.15, 0.2) is 0 Å². The van der Waals surface area contributed by atoms with E-state index in [4.69, 9.17) is 5.73 Å². The number of anilines is 2. The van der Waals surface area contributed by atoms with E-state index in [0.29, 0.717) is 29.8 Å². The molecule has 1 aliphatic carbocycles. The van der Waals surface area contributed by atoms with E-state index in [1.807, 2.05) is 11.0 Å². The first-order chi connectivity index (χ1) is 15.9. The largest absolute Gasteiger partial charge is 0.508 e. The number of phenolic OH excluding ortho intramolecular Hbond substituents is 1. The highest BCUT2D eigenvalue weighted by molar-refractivity contribution is 7.89. The molecule has 0 atom stereocenters. The summed E-state index contributed by atoms with van der Waals surface area (Å²) in [6.07, 6.45) is 7.09. The Hall–Kier alpha value is -3.30. The molecule has 2 aromatic carbocycles. The summed E-state index contributed by atoms with van der Waals surface area (Å²) in [6.45, 7) is 5.24. The van der Waals surface area contributed by atoms with Crippen LogP contribution in [0.15, 0.2) is 77.0 Å². The van der Waals surface area contributed by atoms with E-state index < -0.39 is 10.0 Å². The van der Waals surface area contributed by atoms with Crippen LogP contribution in [0, 0.1) is 5.92 Å². The third kappa shape index (κ3) is 5.74. The molecule has 1 aliphatic heterocycles. The highest BCUT2D eigenvalue weighted by Crippen LogP contribution is 2.31. The van der Waals surface area contributed by atoms with Crippen molar-refractivity contribution in [3.8, 4) is 5.75 Å². The lowest BCUT2D eigenvalue weighted by molar-refractivity contribution is 0.474. The first kappa shape index (κ1) is 22.9. The molecule has 0 unspecified atom stereocenters. The average molecular weight is 468 g/mol. The Morgan fingerprint density at radius 2 is 2.00 bits per heavy atom. The Morgan fingerprint density at radius 1 is 1.24 bits per heavy atom. The Bertz CT molecular complexity index is 1190. The molecule has 0 radical (unpaired) electrons. The van der Waals surface area contributed by atoms with Gasteiger partial charge in [0.05, 0.1) is 4.90 Å². The van der Waals surface area contributed by atoms with Crippen LogP contribution in [0.25, 0.3) is 0 Å². The summed E-state index contributed by atoms with van der Waals surface area (Å²) in [5, 5.41) is 12.9. The van der Waals surface area contributed by atoms with Gasteiger partial charge >= 0.3 is 0 Å².